The minimum atomic E-state index is 0.0647. The number of pyridine rings is 1. The van der Waals surface area contributed by atoms with Crippen molar-refractivity contribution in [2.24, 2.45) is 10.2 Å². The SMILES string of the molecule is c1cc2c3c(nccc3c1)C1N=NCNC21. The number of fused-ring (bicyclic) bond motifs is 3. The van der Waals surface area contributed by atoms with Crippen molar-refractivity contribution in [1.29, 1.82) is 0 Å². The first-order chi connectivity index (χ1) is 7.95. The second-order valence-electron chi connectivity index (χ2n) is 4.18. The first-order valence-electron chi connectivity index (χ1n) is 5.43. The average Bonchev–Trinajstić information content (AvgIpc) is 2.68. The zero-order valence-electron chi connectivity index (χ0n) is 8.59. The minimum Gasteiger partial charge on any atom is -0.287 e. The Morgan fingerprint density at radius 2 is 2.25 bits per heavy atom. The minimum absolute atomic E-state index is 0.0647. The van der Waals surface area contributed by atoms with Crippen molar-refractivity contribution in [3.8, 4) is 0 Å². The zero-order valence-corrected chi connectivity index (χ0v) is 8.59. The van der Waals surface area contributed by atoms with Crippen molar-refractivity contribution in [1.82, 2.24) is 10.3 Å². The van der Waals surface area contributed by atoms with E-state index in [4.69, 9.17) is 0 Å². The summed E-state index contributed by atoms with van der Waals surface area (Å²) in [4.78, 5) is 4.47. The molecule has 78 valence electrons. The highest BCUT2D eigenvalue weighted by molar-refractivity contribution is 5.90. The van der Waals surface area contributed by atoms with Crippen LogP contribution in [0.1, 0.15) is 23.3 Å². The molecule has 1 aromatic heterocycles. The molecule has 0 bridgehead atoms. The standard InChI is InChI=1S/C12H10N4/c1-2-7-4-5-13-11-9(7)8(3-1)10-12(11)16-15-6-14-10/h1-5,10,12,14H,6H2. The van der Waals surface area contributed by atoms with Crippen molar-refractivity contribution < 1.29 is 0 Å². The molecule has 2 aromatic rings. The van der Waals surface area contributed by atoms with Crippen LogP contribution in [0.25, 0.3) is 10.8 Å². The quantitative estimate of drug-likeness (QED) is 0.725. The molecule has 0 saturated heterocycles. The van der Waals surface area contributed by atoms with Crippen LogP contribution >= 0.6 is 0 Å². The number of azo groups is 1. The summed E-state index contributed by atoms with van der Waals surface area (Å²) in [6.45, 7) is 0.603. The number of nitrogens with one attached hydrogen (secondary N) is 1. The van der Waals surface area contributed by atoms with Gasteiger partial charge in [0.05, 0.1) is 11.7 Å². The summed E-state index contributed by atoms with van der Waals surface area (Å²) in [6.07, 6.45) is 1.86. The third-order valence-electron chi connectivity index (χ3n) is 3.37. The Morgan fingerprint density at radius 1 is 1.25 bits per heavy atom. The van der Waals surface area contributed by atoms with Gasteiger partial charge in [0.15, 0.2) is 0 Å². The molecule has 0 radical (unpaired) electrons. The van der Waals surface area contributed by atoms with Crippen LogP contribution in [-0.4, -0.2) is 11.7 Å². The van der Waals surface area contributed by atoms with Gasteiger partial charge in [-0.1, -0.05) is 18.2 Å². The highest BCUT2D eigenvalue weighted by atomic mass is 15.3. The highest BCUT2D eigenvalue weighted by Crippen LogP contribution is 2.45. The van der Waals surface area contributed by atoms with E-state index in [9.17, 15) is 0 Å². The number of hydrogen-bond acceptors (Lipinski definition) is 4. The van der Waals surface area contributed by atoms with Gasteiger partial charge in [0.2, 0.25) is 0 Å². The Hall–Kier alpha value is -1.81. The lowest BCUT2D eigenvalue weighted by Gasteiger charge is -2.20. The van der Waals surface area contributed by atoms with Crippen LogP contribution < -0.4 is 5.32 Å². The molecular weight excluding hydrogens is 200 g/mol. The molecule has 4 nitrogen and oxygen atoms in total. The number of benzene rings is 1. The molecule has 16 heavy (non-hydrogen) atoms. The highest BCUT2D eigenvalue weighted by Gasteiger charge is 2.36. The van der Waals surface area contributed by atoms with E-state index < -0.39 is 0 Å². The first kappa shape index (κ1) is 8.35. The first-order valence-corrected chi connectivity index (χ1v) is 5.43. The predicted molar refractivity (Wildman–Crippen MR) is 60.1 cm³/mol. The lowest BCUT2D eigenvalue weighted by Crippen LogP contribution is -2.26. The fourth-order valence-corrected chi connectivity index (χ4v) is 2.71. The number of aromatic nitrogens is 1. The molecule has 1 aliphatic heterocycles. The van der Waals surface area contributed by atoms with E-state index in [2.05, 4.69) is 44.8 Å². The van der Waals surface area contributed by atoms with Crippen LogP contribution in [0, 0.1) is 0 Å². The van der Waals surface area contributed by atoms with Gasteiger partial charge in [0.1, 0.15) is 12.7 Å². The lowest BCUT2D eigenvalue weighted by molar-refractivity contribution is 0.410. The molecule has 2 unspecified atom stereocenters. The summed E-state index contributed by atoms with van der Waals surface area (Å²) in [5.74, 6) is 0. The van der Waals surface area contributed by atoms with Crippen LogP contribution in [0.5, 0.6) is 0 Å². The summed E-state index contributed by atoms with van der Waals surface area (Å²) in [5, 5.41) is 14.3. The lowest BCUT2D eigenvalue weighted by atomic mass is 10.1. The molecule has 1 N–H and O–H groups in total. The van der Waals surface area contributed by atoms with Crippen LogP contribution in [0.4, 0.5) is 0 Å². The maximum Gasteiger partial charge on any atom is 0.133 e. The van der Waals surface area contributed by atoms with Crippen molar-refractivity contribution in [3.05, 3.63) is 41.7 Å². The Labute approximate surface area is 92.4 Å². The van der Waals surface area contributed by atoms with Crippen LogP contribution in [-0.2, 0) is 0 Å². The van der Waals surface area contributed by atoms with Gasteiger partial charge in [0.25, 0.3) is 0 Å². The van der Waals surface area contributed by atoms with Crippen molar-refractivity contribution >= 4 is 10.8 Å². The normalized spacial score (nSPS) is 26.0. The van der Waals surface area contributed by atoms with Gasteiger partial charge >= 0.3 is 0 Å². The van der Waals surface area contributed by atoms with Gasteiger partial charge in [0, 0.05) is 11.6 Å². The fourth-order valence-electron chi connectivity index (χ4n) is 2.71. The van der Waals surface area contributed by atoms with E-state index in [1.165, 1.54) is 16.3 Å². The second kappa shape index (κ2) is 2.86. The average molecular weight is 210 g/mol. The topological polar surface area (TPSA) is 49.6 Å². The molecule has 1 aliphatic carbocycles. The second-order valence-corrected chi connectivity index (χ2v) is 4.18. The van der Waals surface area contributed by atoms with Gasteiger partial charge in [-0.3, -0.25) is 10.3 Å². The third kappa shape index (κ3) is 0.900. The van der Waals surface area contributed by atoms with Gasteiger partial charge in [-0.15, -0.1) is 0 Å². The van der Waals surface area contributed by atoms with Gasteiger partial charge in [-0.25, -0.2) is 0 Å². The monoisotopic (exact) mass is 210 g/mol. The molecule has 1 aromatic carbocycles. The third-order valence-corrected chi connectivity index (χ3v) is 3.37. The number of hydrogen-bond donors (Lipinski definition) is 1. The van der Waals surface area contributed by atoms with Crippen molar-refractivity contribution in [3.63, 3.8) is 0 Å². The van der Waals surface area contributed by atoms with Crippen LogP contribution in [0.2, 0.25) is 0 Å². The predicted octanol–water partition coefficient (Wildman–Crippen LogP) is 2.34. The molecule has 2 atom stereocenters. The van der Waals surface area contributed by atoms with E-state index in [-0.39, 0.29) is 12.1 Å². The Morgan fingerprint density at radius 3 is 3.25 bits per heavy atom. The zero-order chi connectivity index (χ0) is 10.5. The fraction of sp³-hybridized carbons (Fsp3) is 0.250. The maximum absolute atomic E-state index is 4.47. The maximum atomic E-state index is 4.47. The van der Waals surface area contributed by atoms with Gasteiger partial charge in [-0.05, 0) is 17.0 Å². The number of rotatable bonds is 0. The van der Waals surface area contributed by atoms with Crippen LogP contribution in [0.3, 0.4) is 0 Å². The Kier molecular flexibility index (Phi) is 1.49. The van der Waals surface area contributed by atoms with E-state index in [1.807, 2.05) is 6.20 Å². The largest absolute Gasteiger partial charge is 0.287 e. The van der Waals surface area contributed by atoms with Gasteiger partial charge in [-0.2, -0.15) is 10.2 Å². The molecule has 0 fully saturated rings. The summed E-state index contributed by atoms with van der Waals surface area (Å²) in [5.41, 5.74) is 2.37. The van der Waals surface area contributed by atoms with E-state index in [1.54, 1.807) is 0 Å². The molecule has 0 saturated carbocycles. The van der Waals surface area contributed by atoms with E-state index >= 15 is 0 Å². The van der Waals surface area contributed by atoms with Crippen molar-refractivity contribution in [2.45, 2.75) is 12.1 Å². The molecule has 0 spiro atoms. The summed E-state index contributed by atoms with van der Waals surface area (Å²) in [6, 6.07) is 8.75. The number of nitrogens with zero attached hydrogens (tertiary/aromatic N) is 3. The van der Waals surface area contributed by atoms with E-state index in [0.29, 0.717) is 6.67 Å². The van der Waals surface area contributed by atoms with Gasteiger partial charge < -0.3 is 0 Å². The summed E-state index contributed by atoms with van der Waals surface area (Å²) >= 11 is 0. The molecular formula is C12H10N4. The molecule has 4 heteroatoms. The molecule has 4 rings (SSSR count). The summed E-state index contributed by atoms with van der Waals surface area (Å²) in [7, 11) is 0. The Balaban J connectivity index is 2.12. The summed E-state index contributed by atoms with van der Waals surface area (Å²) < 4.78 is 0. The Bertz CT molecular complexity index is 600. The molecule has 0 amide bonds. The molecule has 2 aliphatic rings. The van der Waals surface area contributed by atoms with Crippen molar-refractivity contribution in [2.75, 3.05) is 6.67 Å². The smallest absolute Gasteiger partial charge is 0.133 e. The van der Waals surface area contributed by atoms with Crippen LogP contribution in [0.15, 0.2) is 40.7 Å². The van der Waals surface area contributed by atoms with E-state index in [0.717, 1.165) is 5.69 Å². The molecule has 2 heterocycles.